The first kappa shape index (κ1) is 24.7. The van der Waals surface area contributed by atoms with Gasteiger partial charge in [-0.25, -0.2) is 0 Å². The summed E-state index contributed by atoms with van der Waals surface area (Å²) in [4.78, 5) is 0. The number of aromatic nitrogens is 1. The van der Waals surface area contributed by atoms with Gasteiger partial charge in [0.25, 0.3) is 0 Å². The zero-order chi connectivity index (χ0) is 28.7. The van der Waals surface area contributed by atoms with Crippen molar-refractivity contribution in [3.63, 3.8) is 0 Å². The van der Waals surface area contributed by atoms with E-state index in [0.717, 1.165) is 0 Å². The molecule has 0 saturated heterocycles. The van der Waals surface area contributed by atoms with Crippen molar-refractivity contribution in [2.75, 3.05) is 5.32 Å². The van der Waals surface area contributed by atoms with E-state index in [9.17, 15) is 0 Å². The van der Waals surface area contributed by atoms with Crippen LogP contribution in [0.25, 0.3) is 58.8 Å². The Morgan fingerprint density at radius 3 is 2.21 bits per heavy atom. The molecule has 1 N–H and O–H groups in total. The molecule has 1 aliphatic heterocycles. The minimum absolute atomic E-state index is 0.182. The summed E-state index contributed by atoms with van der Waals surface area (Å²) < 4.78 is 5.18. The van der Waals surface area contributed by atoms with Crippen LogP contribution in [0.4, 0.5) is 5.69 Å². The van der Waals surface area contributed by atoms with Gasteiger partial charge < -0.3 is 9.88 Å². The van der Waals surface area contributed by atoms with E-state index in [4.69, 9.17) is 0 Å². The van der Waals surface area contributed by atoms with E-state index < -0.39 is 0 Å². The van der Waals surface area contributed by atoms with Gasteiger partial charge in [0.15, 0.2) is 0 Å². The fourth-order valence-corrected chi connectivity index (χ4v) is 8.75. The van der Waals surface area contributed by atoms with Crippen LogP contribution < -0.4 is 5.32 Å². The molecule has 206 valence electrons. The van der Waals surface area contributed by atoms with Crippen molar-refractivity contribution in [1.82, 2.24) is 4.57 Å². The van der Waals surface area contributed by atoms with Gasteiger partial charge in [-0.3, -0.25) is 0 Å². The molecule has 2 aromatic heterocycles. The molecule has 8 aromatic rings. The summed E-state index contributed by atoms with van der Waals surface area (Å²) in [6, 6.07) is 49.3. The maximum atomic E-state index is 3.85. The molecule has 6 aromatic carbocycles. The van der Waals surface area contributed by atoms with E-state index in [-0.39, 0.29) is 11.5 Å². The molecule has 3 heteroatoms. The van der Waals surface area contributed by atoms with Crippen molar-refractivity contribution >= 4 is 59.0 Å². The molecule has 0 radical (unpaired) electrons. The minimum Gasteiger partial charge on any atom is -0.381 e. The number of para-hydroxylation sites is 1. The zero-order valence-electron chi connectivity index (χ0n) is 24.1. The quantitative estimate of drug-likeness (QED) is 0.224. The summed E-state index contributed by atoms with van der Waals surface area (Å²) in [5, 5.41) is 9.10. The van der Waals surface area contributed by atoms with E-state index in [2.05, 4.69) is 157 Å². The smallest absolute Gasteiger partial charge is 0.0603 e. The second-order valence-corrected chi connectivity index (χ2v) is 13.1. The third-order valence-electron chi connectivity index (χ3n) is 9.81. The molecule has 0 aliphatic carbocycles. The van der Waals surface area contributed by atoms with E-state index in [1.54, 1.807) is 0 Å². The Bertz CT molecular complexity index is 2340. The molecule has 9 rings (SSSR count). The van der Waals surface area contributed by atoms with Gasteiger partial charge in [0.1, 0.15) is 0 Å². The average Bonchev–Trinajstić information content (AvgIpc) is 3.69. The molecule has 3 heterocycles. The van der Waals surface area contributed by atoms with Crippen LogP contribution in [0.3, 0.4) is 0 Å². The molecule has 0 spiro atoms. The lowest BCUT2D eigenvalue weighted by molar-refractivity contribution is 0.529. The lowest BCUT2D eigenvalue weighted by Crippen LogP contribution is -2.35. The fraction of sp³-hybridized carbons (Fsp3) is 0.100. The standard InChI is InChI=1S/C40H30N2S/c1-25-40(2,27-11-4-3-5-12-27)37-34(41-25)24-23-32-30-13-6-8-17-35(30)42(38(32)37)28-21-19-26(20-22-28)29-15-10-16-33-31-14-7-9-18-36(31)43-39(29)33/h3-25,41H,1-2H3. The predicted molar refractivity (Wildman–Crippen MR) is 185 cm³/mol. The molecule has 2 nitrogen and oxygen atoms in total. The Morgan fingerprint density at radius 2 is 1.37 bits per heavy atom. The van der Waals surface area contributed by atoms with Gasteiger partial charge in [-0.15, -0.1) is 11.3 Å². The lowest BCUT2D eigenvalue weighted by Gasteiger charge is -2.31. The summed E-state index contributed by atoms with van der Waals surface area (Å²) in [6.07, 6.45) is 0. The van der Waals surface area contributed by atoms with Crippen LogP contribution in [-0.4, -0.2) is 10.6 Å². The summed E-state index contributed by atoms with van der Waals surface area (Å²) in [5.74, 6) is 0. The highest BCUT2D eigenvalue weighted by molar-refractivity contribution is 7.26. The highest BCUT2D eigenvalue weighted by Crippen LogP contribution is 2.51. The van der Waals surface area contributed by atoms with E-state index in [1.165, 1.54) is 75.6 Å². The number of hydrogen-bond donors (Lipinski definition) is 1. The predicted octanol–water partition coefficient (Wildman–Crippen LogP) is 10.9. The highest BCUT2D eigenvalue weighted by Gasteiger charge is 2.44. The second kappa shape index (κ2) is 9.07. The fourth-order valence-electron chi connectivity index (χ4n) is 7.51. The Hall–Kier alpha value is -4.86. The van der Waals surface area contributed by atoms with Gasteiger partial charge in [-0.1, -0.05) is 103 Å². The number of benzene rings is 6. The summed E-state index contributed by atoms with van der Waals surface area (Å²) in [5.41, 5.74) is 10.0. The molecule has 0 saturated carbocycles. The average molecular weight is 571 g/mol. The Morgan fingerprint density at radius 1 is 0.651 bits per heavy atom. The van der Waals surface area contributed by atoms with E-state index >= 15 is 0 Å². The first-order chi connectivity index (χ1) is 21.1. The van der Waals surface area contributed by atoms with Crippen molar-refractivity contribution in [1.29, 1.82) is 0 Å². The van der Waals surface area contributed by atoms with Crippen molar-refractivity contribution < 1.29 is 0 Å². The first-order valence-electron chi connectivity index (χ1n) is 15.0. The Labute approximate surface area is 254 Å². The number of nitrogens with zero attached hydrogens (tertiary/aromatic N) is 1. The third kappa shape index (κ3) is 3.40. The van der Waals surface area contributed by atoms with Gasteiger partial charge in [0, 0.05) is 59.3 Å². The zero-order valence-corrected chi connectivity index (χ0v) is 25.0. The molecular formula is C40H30N2S. The first-order valence-corrected chi connectivity index (χ1v) is 15.8. The largest absolute Gasteiger partial charge is 0.381 e. The van der Waals surface area contributed by atoms with Crippen molar-refractivity contribution in [3.05, 3.63) is 145 Å². The van der Waals surface area contributed by atoms with Gasteiger partial charge in [0.2, 0.25) is 0 Å². The second-order valence-electron chi connectivity index (χ2n) is 12.0. The maximum Gasteiger partial charge on any atom is 0.0603 e. The van der Waals surface area contributed by atoms with Gasteiger partial charge in [-0.2, -0.15) is 0 Å². The number of thiophene rings is 1. The van der Waals surface area contributed by atoms with Crippen LogP contribution in [-0.2, 0) is 5.41 Å². The van der Waals surface area contributed by atoms with Crippen molar-refractivity contribution in [2.45, 2.75) is 25.3 Å². The van der Waals surface area contributed by atoms with Crippen LogP contribution in [0, 0.1) is 0 Å². The summed E-state index contributed by atoms with van der Waals surface area (Å²) >= 11 is 1.89. The maximum absolute atomic E-state index is 3.85. The number of fused-ring (bicyclic) bond motifs is 8. The van der Waals surface area contributed by atoms with Crippen LogP contribution >= 0.6 is 11.3 Å². The van der Waals surface area contributed by atoms with E-state index in [0.29, 0.717) is 0 Å². The van der Waals surface area contributed by atoms with Crippen LogP contribution in [0.1, 0.15) is 25.0 Å². The normalized spacial score (nSPS) is 18.0. The van der Waals surface area contributed by atoms with Crippen LogP contribution in [0.15, 0.2) is 133 Å². The number of anilines is 1. The Balaban J connectivity index is 1.28. The molecule has 1 aliphatic rings. The molecule has 2 unspecified atom stereocenters. The minimum atomic E-state index is -0.182. The van der Waals surface area contributed by atoms with Crippen molar-refractivity contribution in [3.8, 4) is 16.8 Å². The molecule has 0 fully saturated rings. The molecule has 0 bridgehead atoms. The van der Waals surface area contributed by atoms with Gasteiger partial charge in [-0.05, 0) is 60.9 Å². The molecule has 2 atom stereocenters. The van der Waals surface area contributed by atoms with Crippen LogP contribution in [0.2, 0.25) is 0 Å². The van der Waals surface area contributed by atoms with Crippen LogP contribution in [0.5, 0.6) is 0 Å². The molecular weight excluding hydrogens is 541 g/mol. The van der Waals surface area contributed by atoms with E-state index in [1.807, 2.05) is 11.3 Å². The van der Waals surface area contributed by atoms with Gasteiger partial charge >= 0.3 is 0 Å². The number of rotatable bonds is 3. The molecule has 43 heavy (non-hydrogen) atoms. The molecule has 0 amide bonds. The van der Waals surface area contributed by atoms with Crippen molar-refractivity contribution in [2.24, 2.45) is 0 Å². The lowest BCUT2D eigenvalue weighted by atomic mass is 9.73. The third-order valence-corrected chi connectivity index (χ3v) is 11.0. The summed E-state index contributed by atoms with van der Waals surface area (Å²) in [7, 11) is 0. The topological polar surface area (TPSA) is 17.0 Å². The van der Waals surface area contributed by atoms with Gasteiger partial charge in [0.05, 0.1) is 11.0 Å². The SMILES string of the molecule is CC1Nc2ccc3c4ccccc4n(-c4ccc(-c5cccc6c5sc5ccccc56)cc4)c3c2C1(C)c1ccccc1. The number of nitrogens with one attached hydrogen (secondary N) is 1. The highest BCUT2D eigenvalue weighted by atomic mass is 32.1. The summed E-state index contributed by atoms with van der Waals surface area (Å²) in [6.45, 7) is 4.72. The Kier molecular flexibility index (Phi) is 5.21. The number of hydrogen-bond acceptors (Lipinski definition) is 2. The monoisotopic (exact) mass is 570 g/mol.